The van der Waals surface area contributed by atoms with Crippen LogP contribution >= 0.6 is 11.7 Å². The molecule has 5 aromatic rings. The molecular formula is C35H30F3N7O4S. The molecule has 15 heteroatoms. The first-order valence-electron chi connectivity index (χ1n) is 15.5. The highest BCUT2D eigenvalue weighted by atomic mass is 32.1. The highest BCUT2D eigenvalue weighted by Crippen LogP contribution is 2.32. The van der Waals surface area contributed by atoms with Crippen molar-refractivity contribution in [1.29, 1.82) is 0 Å². The first kappa shape index (κ1) is 34.0. The lowest BCUT2D eigenvalue weighted by Crippen LogP contribution is -2.50. The molecule has 1 fully saturated rings. The summed E-state index contributed by atoms with van der Waals surface area (Å²) >= 11 is 0.958. The lowest BCUT2D eigenvalue weighted by molar-refractivity contribution is -0.137. The Bertz CT molecular complexity index is 1930. The number of hydrogen-bond donors (Lipinski definition) is 1. The van der Waals surface area contributed by atoms with Gasteiger partial charge in [-0.3, -0.25) is 9.59 Å². The molecule has 2 aromatic heterocycles. The van der Waals surface area contributed by atoms with Crippen LogP contribution in [0.3, 0.4) is 0 Å². The number of alkyl halides is 3. The molecule has 0 atom stereocenters. The summed E-state index contributed by atoms with van der Waals surface area (Å²) in [6, 6.07) is 23.1. The summed E-state index contributed by atoms with van der Waals surface area (Å²) in [6.07, 6.45) is -3.04. The number of rotatable bonds is 8. The molecule has 1 N–H and O–H groups in total. The molecule has 1 aliphatic rings. The van der Waals surface area contributed by atoms with Gasteiger partial charge < -0.3 is 19.9 Å². The molecule has 0 spiro atoms. The molecule has 50 heavy (non-hydrogen) atoms. The fraction of sp³-hybridized carbons (Fsp3) is 0.200. The number of nitrogens with zero attached hydrogens (tertiary/aromatic N) is 6. The quantitative estimate of drug-likeness (QED) is 0.178. The normalized spacial score (nSPS) is 13.1. The Labute approximate surface area is 289 Å². The molecule has 0 saturated carbocycles. The summed E-state index contributed by atoms with van der Waals surface area (Å²) in [5.41, 5.74) is 0.879. The number of anilines is 3. The van der Waals surface area contributed by atoms with E-state index in [2.05, 4.69) is 19.0 Å². The van der Waals surface area contributed by atoms with Crippen LogP contribution in [0.2, 0.25) is 0 Å². The van der Waals surface area contributed by atoms with Gasteiger partial charge in [0.25, 0.3) is 17.7 Å². The number of imide groups is 1. The third kappa shape index (κ3) is 7.89. The molecule has 3 aromatic carbocycles. The standard InChI is InChI=1S/C35H30F3N7O4S/c1-23-18-27(35(36,37)38)21-28(19-23)40-34(48)44-16-14-43(15-17-44)30-31(42-50-41-30)49-22-24-12-13-39-29(20-24)45(32(46)25-8-4-2-5-9-25)33(47)26-10-6-3-7-11-26/h2-13,18-21H,14-17,22H2,1H3,(H,40,48). The van der Waals surface area contributed by atoms with E-state index in [4.69, 9.17) is 4.74 Å². The molecular weight excluding hydrogens is 671 g/mol. The lowest BCUT2D eigenvalue weighted by Gasteiger charge is -2.34. The van der Waals surface area contributed by atoms with Crippen molar-refractivity contribution in [3.8, 4) is 5.88 Å². The van der Waals surface area contributed by atoms with Crippen LogP contribution in [0.5, 0.6) is 5.88 Å². The average Bonchev–Trinajstić information content (AvgIpc) is 3.60. The second kappa shape index (κ2) is 14.7. The maximum atomic E-state index is 13.6. The Kier molecular flexibility index (Phi) is 10.0. The Morgan fingerprint density at radius 2 is 1.50 bits per heavy atom. The van der Waals surface area contributed by atoms with Crippen molar-refractivity contribution < 1.29 is 32.3 Å². The van der Waals surface area contributed by atoms with Crippen molar-refractivity contribution in [1.82, 2.24) is 18.6 Å². The number of halogens is 3. The molecule has 256 valence electrons. The molecule has 0 unspecified atom stereocenters. The van der Waals surface area contributed by atoms with E-state index in [1.807, 2.05) is 4.90 Å². The minimum Gasteiger partial charge on any atom is -0.470 e. The van der Waals surface area contributed by atoms with Gasteiger partial charge in [-0.05, 0) is 72.6 Å². The van der Waals surface area contributed by atoms with Gasteiger partial charge in [-0.15, -0.1) is 4.37 Å². The number of amides is 4. The summed E-state index contributed by atoms with van der Waals surface area (Å²) < 4.78 is 54.5. The van der Waals surface area contributed by atoms with Crippen LogP contribution in [-0.2, 0) is 12.8 Å². The van der Waals surface area contributed by atoms with Crippen molar-refractivity contribution in [3.63, 3.8) is 0 Å². The van der Waals surface area contributed by atoms with Crippen molar-refractivity contribution in [2.45, 2.75) is 19.7 Å². The van der Waals surface area contributed by atoms with Crippen molar-refractivity contribution in [3.05, 3.63) is 125 Å². The number of aromatic nitrogens is 3. The fourth-order valence-electron chi connectivity index (χ4n) is 5.35. The monoisotopic (exact) mass is 701 g/mol. The highest BCUT2D eigenvalue weighted by molar-refractivity contribution is 6.99. The first-order valence-corrected chi connectivity index (χ1v) is 16.2. The van der Waals surface area contributed by atoms with Gasteiger partial charge in [0.05, 0.1) is 17.3 Å². The van der Waals surface area contributed by atoms with Crippen LogP contribution in [0.15, 0.2) is 97.2 Å². The average molecular weight is 702 g/mol. The van der Waals surface area contributed by atoms with Crippen LogP contribution in [0, 0.1) is 6.92 Å². The Morgan fingerprint density at radius 1 is 0.860 bits per heavy atom. The van der Waals surface area contributed by atoms with E-state index in [0.717, 1.165) is 28.8 Å². The number of carbonyl (C=O) groups excluding carboxylic acids is 3. The second-order valence-corrected chi connectivity index (χ2v) is 11.9. The zero-order chi connectivity index (χ0) is 35.3. The van der Waals surface area contributed by atoms with E-state index < -0.39 is 29.6 Å². The number of aryl methyl sites for hydroxylation is 1. The lowest BCUT2D eigenvalue weighted by atomic mass is 10.1. The van der Waals surface area contributed by atoms with E-state index in [9.17, 15) is 27.6 Å². The van der Waals surface area contributed by atoms with E-state index in [1.54, 1.807) is 72.8 Å². The van der Waals surface area contributed by atoms with E-state index in [1.165, 1.54) is 24.1 Å². The second-order valence-electron chi connectivity index (χ2n) is 11.4. The van der Waals surface area contributed by atoms with Gasteiger partial charge in [0.2, 0.25) is 5.82 Å². The smallest absolute Gasteiger partial charge is 0.416 e. The molecule has 0 radical (unpaired) electrons. The number of ether oxygens (including phenoxy) is 1. The van der Waals surface area contributed by atoms with Gasteiger partial charge in [-0.2, -0.15) is 17.5 Å². The van der Waals surface area contributed by atoms with E-state index in [-0.39, 0.29) is 37.1 Å². The third-order valence-electron chi connectivity index (χ3n) is 7.83. The summed E-state index contributed by atoms with van der Waals surface area (Å²) in [7, 11) is 0. The number of nitrogens with one attached hydrogen (secondary N) is 1. The maximum absolute atomic E-state index is 13.6. The SMILES string of the molecule is Cc1cc(NC(=O)N2CCN(c3nsnc3OCc3ccnc(N(C(=O)c4ccccc4)C(=O)c4ccccc4)c3)CC2)cc(C(F)(F)F)c1. The Morgan fingerprint density at radius 3 is 2.12 bits per heavy atom. The predicted molar refractivity (Wildman–Crippen MR) is 181 cm³/mol. The summed E-state index contributed by atoms with van der Waals surface area (Å²) in [4.78, 5) is 48.9. The van der Waals surface area contributed by atoms with E-state index in [0.29, 0.717) is 41.2 Å². The summed E-state index contributed by atoms with van der Waals surface area (Å²) in [6.45, 7) is 2.90. The van der Waals surface area contributed by atoms with Crippen molar-refractivity contribution >= 4 is 46.9 Å². The third-order valence-corrected chi connectivity index (χ3v) is 8.33. The van der Waals surface area contributed by atoms with Crippen LogP contribution in [-0.4, -0.2) is 62.7 Å². The van der Waals surface area contributed by atoms with Gasteiger partial charge in [-0.1, -0.05) is 36.4 Å². The van der Waals surface area contributed by atoms with Crippen molar-refractivity contribution in [2.24, 2.45) is 0 Å². The number of hydrogen-bond acceptors (Lipinski definition) is 9. The Hall–Kier alpha value is -5.83. The predicted octanol–water partition coefficient (Wildman–Crippen LogP) is 6.68. The number of carbonyl (C=O) groups is 3. The largest absolute Gasteiger partial charge is 0.470 e. The van der Waals surface area contributed by atoms with Crippen LogP contribution in [0.1, 0.15) is 37.4 Å². The van der Waals surface area contributed by atoms with Gasteiger partial charge in [0, 0.05) is 49.2 Å². The van der Waals surface area contributed by atoms with Gasteiger partial charge in [0.1, 0.15) is 12.4 Å². The molecule has 0 bridgehead atoms. The number of piperazine rings is 1. The van der Waals surface area contributed by atoms with Crippen molar-refractivity contribution in [2.75, 3.05) is 41.3 Å². The minimum absolute atomic E-state index is 0.0274. The fourth-order valence-corrected chi connectivity index (χ4v) is 5.87. The topological polar surface area (TPSA) is 121 Å². The van der Waals surface area contributed by atoms with Gasteiger partial charge in [-0.25, -0.2) is 14.7 Å². The first-order chi connectivity index (χ1) is 24.1. The van der Waals surface area contributed by atoms with Crippen LogP contribution < -0.4 is 19.9 Å². The van der Waals surface area contributed by atoms with Crippen LogP contribution in [0.4, 0.5) is 35.3 Å². The van der Waals surface area contributed by atoms with Gasteiger partial charge >= 0.3 is 12.2 Å². The summed E-state index contributed by atoms with van der Waals surface area (Å²) in [5, 5.41) is 2.58. The van der Waals surface area contributed by atoms with Gasteiger partial charge in [0.15, 0.2) is 0 Å². The molecule has 11 nitrogen and oxygen atoms in total. The number of pyridine rings is 1. The minimum atomic E-state index is -4.53. The number of urea groups is 1. The molecule has 1 aliphatic heterocycles. The number of benzene rings is 3. The molecule has 6 rings (SSSR count). The summed E-state index contributed by atoms with van der Waals surface area (Å²) in [5.74, 6) is -0.191. The molecule has 1 saturated heterocycles. The van der Waals surface area contributed by atoms with E-state index >= 15 is 0 Å². The maximum Gasteiger partial charge on any atom is 0.416 e. The molecule has 4 amide bonds. The molecule has 0 aliphatic carbocycles. The zero-order valence-electron chi connectivity index (χ0n) is 26.6. The highest BCUT2D eigenvalue weighted by Gasteiger charge is 2.32. The Balaban J connectivity index is 1.11. The van der Waals surface area contributed by atoms with Crippen LogP contribution in [0.25, 0.3) is 0 Å². The molecule has 3 heterocycles. The zero-order valence-corrected chi connectivity index (χ0v) is 27.4.